The van der Waals surface area contributed by atoms with Crippen LogP contribution in [0.25, 0.3) is 83.3 Å². The predicted octanol–water partition coefficient (Wildman–Crippen LogP) is 16.6. The molecule has 0 amide bonds. The highest BCUT2D eigenvalue weighted by molar-refractivity contribution is 6.25. The molecule has 11 rings (SSSR count). The lowest BCUT2D eigenvalue weighted by Gasteiger charge is -2.28. The van der Waals surface area contributed by atoms with Gasteiger partial charge >= 0.3 is 0 Å². The zero-order valence-corrected chi connectivity index (χ0v) is 43.7. The Balaban J connectivity index is 1.09. The van der Waals surface area contributed by atoms with Crippen LogP contribution in [0.3, 0.4) is 0 Å². The topological polar surface area (TPSA) is 40.8 Å². The third-order valence-corrected chi connectivity index (χ3v) is 14.6. The van der Waals surface area contributed by atoms with Crippen LogP contribution in [0.4, 0.5) is 0 Å². The SMILES string of the molecule is Cn1c2cccc3c2c2c1cc(Oc1cccc(-n4c[n+](-c5c(-c6ccccc6)cc(C(C)(C)C)cc5-c5cc(C(C)(C)C)cc(C(C)(C)C)c5)c5ccccc54)c1)cc2n3-c1cc(C(C)(C)C)ccn1. The molecule has 0 spiro atoms. The van der Waals surface area contributed by atoms with Crippen LogP contribution < -0.4 is 9.30 Å². The van der Waals surface area contributed by atoms with E-state index in [4.69, 9.17) is 9.72 Å². The van der Waals surface area contributed by atoms with Crippen molar-refractivity contribution in [3.63, 3.8) is 0 Å². The maximum absolute atomic E-state index is 6.99. The Morgan fingerprint density at radius 1 is 0.451 bits per heavy atom. The molecule has 0 atom stereocenters. The lowest BCUT2D eigenvalue weighted by molar-refractivity contribution is -0.566. The van der Waals surface area contributed by atoms with E-state index >= 15 is 0 Å². The highest BCUT2D eigenvalue weighted by Crippen LogP contribution is 2.45. The molecule has 6 nitrogen and oxygen atoms in total. The number of imidazole rings is 1. The van der Waals surface area contributed by atoms with Gasteiger partial charge in [0, 0.05) is 53.3 Å². The van der Waals surface area contributed by atoms with E-state index in [0.29, 0.717) is 0 Å². The van der Waals surface area contributed by atoms with Gasteiger partial charge in [0.15, 0.2) is 11.0 Å². The van der Waals surface area contributed by atoms with E-state index < -0.39 is 0 Å². The van der Waals surface area contributed by atoms with Crippen molar-refractivity contribution in [2.24, 2.45) is 7.05 Å². The molecule has 7 aromatic carbocycles. The van der Waals surface area contributed by atoms with Gasteiger partial charge in [-0.1, -0.05) is 156 Å². The van der Waals surface area contributed by atoms with Crippen LogP contribution in [-0.4, -0.2) is 18.7 Å². The van der Waals surface area contributed by atoms with Crippen molar-refractivity contribution in [2.45, 2.75) is 105 Å². The predicted molar refractivity (Wildman–Crippen MR) is 297 cm³/mol. The lowest BCUT2D eigenvalue weighted by atomic mass is 9.77. The van der Waals surface area contributed by atoms with Gasteiger partial charge in [0.1, 0.15) is 28.7 Å². The minimum Gasteiger partial charge on any atom is -0.457 e. The number of rotatable bonds is 7. The Morgan fingerprint density at radius 2 is 1.03 bits per heavy atom. The summed E-state index contributed by atoms with van der Waals surface area (Å²) in [6, 6.07) is 55.7. The number of hydrogen-bond acceptors (Lipinski definition) is 2. The third-order valence-electron chi connectivity index (χ3n) is 14.6. The molecule has 0 radical (unpaired) electrons. The summed E-state index contributed by atoms with van der Waals surface area (Å²) in [6.07, 6.45) is 4.22. The van der Waals surface area contributed by atoms with Crippen LogP contribution in [-0.2, 0) is 28.7 Å². The number of pyridine rings is 1. The van der Waals surface area contributed by atoms with E-state index in [2.05, 4.69) is 266 Å². The summed E-state index contributed by atoms with van der Waals surface area (Å²) >= 11 is 0. The summed E-state index contributed by atoms with van der Waals surface area (Å²) in [5.41, 5.74) is 18.6. The van der Waals surface area contributed by atoms with E-state index in [1.807, 2.05) is 6.20 Å². The molecule has 6 heteroatoms. The summed E-state index contributed by atoms with van der Waals surface area (Å²) in [6.45, 7) is 27.7. The number of ether oxygens (including phenoxy) is 1. The zero-order valence-electron chi connectivity index (χ0n) is 43.7. The summed E-state index contributed by atoms with van der Waals surface area (Å²) < 4.78 is 16.3. The first kappa shape index (κ1) is 46.0. The highest BCUT2D eigenvalue weighted by atomic mass is 16.5. The number of hydrogen-bond donors (Lipinski definition) is 0. The molecule has 0 saturated heterocycles. The first-order valence-corrected chi connectivity index (χ1v) is 25.2. The van der Waals surface area contributed by atoms with Gasteiger partial charge in [0.05, 0.1) is 22.1 Å². The zero-order chi connectivity index (χ0) is 49.9. The molecule has 0 unspecified atom stereocenters. The molecule has 0 aliphatic heterocycles. The first-order chi connectivity index (χ1) is 33.6. The van der Waals surface area contributed by atoms with Crippen LogP contribution in [0.1, 0.15) is 105 Å². The summed E-state index contributed by atoms with van der Waals surface area (Å²) in [7, 11) is 2.15. The van der Waals surface area contributed by atoms with E-state index in [9.17, 15) is 0 Å². The molecule has 356 valence electrons. The highest BCUT2D eigenvalue weighted by Gasteiger charge is 2.30. The van der Waals surface area contributed by atoms with Crippen molar-refractivity contribution in [2.75, 3.05) is 0 Å². The van der Waals surface area contributed by atoms with Crippen LogP contribution in [0.15, 0.2) is 164 Å². The first-order valence-electron chi connectivity index (χ1n) is 25.2. The van der Waals surface area contributed by atoms with Crippen molar-refractivity contribution in [3.8, 4) is 50.9 Å². The third kappa shape index (κ3) is 7.98. The number of para-hydroxylation sites is 2. The quantitative estimate of drug-likeness (QED) is 0.149. The number of fused-ring (bicyclic) bond motifs is 1. The van der Waals surface area contributed by atoms with Crippen LogP contribution in [0, 0.1) is 0 Å². The fourth-order valence-electron chi connectivity index (χ4n) is 10.5. The summed E-state index contributed by atoms with van der Waals surface area (Å²) in [4.78, 5) is 4.96. The van der Waals surface area contributed by atoms with Gasteiger partial charge in [0.25, 0.3) is 6.33 Å². The minimum absolute atomic E-state index is 0.0226. The number of aromatic nitrogens is 5. The van der Waals surface area contributed by atoms with Crippen LogP contribution in [0.2, 0.25) is 0 Å². The van der Waals surface area contributed by atoms with Gasteiger partial charge in [-0.15, -0.1) is 0 Å². The summed E-state index contributed by atoms with van der Waals surface area (Å²) in [5.74, 6) is 2.42. The Morgan fingerprint density at radius 3 is 1.72 bits per heavy atom. The number of aryl methyl sites for hydroxylation is 1. The maximum Gasteiger partial charge on any atom is 0.255 e. The molecule has 71 heavy (non-hydrogen) atoms. The van der Waals surface area contributed by atoms with Gasteiger partial charge in [0.2, 0.25) is 0 Å². The molecule has 0 saturated carbocycles. The van der Waals surface area contributed by atoms with E-state index in [1.54, 1.807) is 0 Å². The monoisotopic (exact) mass is 933 g/mol. The van der Waals surface area contributed by atoms with Gasteiger partial charge in [-0.2, -0.15) is 9.13 Å². The molecule has 0 aliphatic carbocycles. The molecule has 4 heterocycles. The Hall–Kier alpha value is -7.44. The van der Waals surface area contributed by atoms with Gasteiger partial charge in [-0.05, 0) is 116 Å². The van der Waals surface area contributed by atoms with Crippen LogP contribution in [0.5, 0.6) is 11.5 Å². The normalized spacial score (nSPS) is 12.9. The van der Waals surface area contributed by atoms with Crippen molar-refractivity contribution < 1.29 is 9.30 Å². The fraction of sp³-hybridized carbons (Fsp3) is 0.262. The Kier molecular flexibility index (Phi) is 10.6. The standard InChI is InChI=1S/C65H66N5O/c1-62(2,3)43-29-30-66-58(36-43)70-55-28-20-27-54-59(55)60-56(67(54)13)38-49(39-57(60)70)71-48-24-19-23-47(37-48)68-40-69(53-26-18-17-25-52(53)68)61-50(41-21-15-14-16-22-41)34-46(65(10,11)12)35-51(61)42-31-44(63(4,5)6)33-45(32-42)64(7,8)9/h14-40H,1-13H3/q+1. The second kappa shape index (κ2) is 16.3. The smallest absolute Gasteiger partial charge is 0.255 e. The molecule has 4 aromatic heterocycles. The average Bonchev–Trinajstić information content (AvgIpc) is 3.98. The largest absolute Gasteiger partial charge is 0.457 e. The van der Waals surface area contributed by atoms with Crippen LogP contribution >= 0.6 is 0 Å². The van der Waals surface area contributed by atoms with Crippen molar-refractivity contribution >= 4 is 43.9 Å². The molecular formula is C65H66N5O+. The number of benzene rings is 7. The van der Waals surface area contributed by atoms with Crippen molar-refractivity contribution in [1.82, 2.24) is 18.7 Å². The number of nitrogens with zero attached hydrogens (tertiary/aromatic N) is 5. The van der Waals surface area contributed by atoms with Gasteiger partial charge in [-0.3, -0.25) is 4.57 Å². The van der Waals surface area contributed by atoms with Gasteiger partial charge < -0.3 is 9.30 Å². The van der Waals surface area contributed by atoms with Gasteiger partial charge in [-0.25, -0.2) is 4.98 Å². The van der Waals surface area contributed by atoms with E-state index in [0.717, 1.165) is 56.3 Å². The molecule has 11 aromatic rings. The molecule has 0 bridgehead atoms. The minimum atomic E-state index is -0.101. The van der Waals surface area contributed by atoms with Crippen molar-refractivity contribution in [1.29, 1.82) is 0 Å². The second-order valence-corrected chi connectivity index (χ2v) is 23.8. The van der Waals surface area contributed by atoms with Crippen molar-refractivity contribution in [3.05, 3.63) is 186 Å². The lowest BCUT2D eigenvalue weighted by Crippen LogP contribution is -2.31. The second-order valence-electron chi connectivity index (χ2n) is 23.8. The van der Waals surface area contributed by atoms with E-state index in [-0.39, 0.29) is 21.7 Å². The van der Waals surface area contributed by atoms with E-state index in [1.165, 1.54) is 60.8 Å². The Labute approximate surface area is 419 Å². The molecular weight excluding hydrogens is 867 g/mol. The average molecular weight is 933 g/mol. The maximum atomic E-state index is 6.99. The summed E-state index contributed by atoms with van der Waals surface area (Å²) in [5, 5.41) is 2.46. The Bertz CT molecular complexity index is 3800. The fourth-order valence-corrected chi connectivity index (χ4v) is 10.5. The molecule has 0 N–H and O–H groups in total. The molecule has 0 aliphatic rings. The molecule has 0 fully saturated rings.